The number of anilines is 1. The Labute approximate surface area is 119 Å². The van der Waals surface area contributed by atoms with Crippen molar-refractivity contribution in [2.75, 3.05) is 5.73 Å². The quantitative estimate of drug-likeness (QED) is 0.583. The minimum absolute atomic E-state index is 0.113. The third-order valence-corrected chi connectivity index (χ3v) is 3.61. The van der Waals surface area contributed by atoms with Gasteiger partial charge in [-0.2, -0.15) is 0 Å². The number of aromatic amines is 2. The van der Waals surface area contributed by atoms with Gasteiger partial charge >= 0.3 is 5.69 Å². The maximum Gasteiger partial charge on any atom is 0.325 e. The number of nitrogens with one attached hydrogen (secondary N) is 3. The summed E-state index contributed by atoms with van der Waals surface area (Å²) in [7, 11) is 0. The minimum atomic E-state index is -0.702. The maximum absolute atomic E-state index is 12.1. The van der Waals surface area contributed by atoms with Crippen LogP contribution in [0.1, 0.15) is 33.9 Å². The lowest BCUT2D eigenvalue weighted by Crippen LogP contribution is -2.34. The van der Waals surface area contributed by atoms with E-state index >= 15 is 0 Å². The molecule has 2 aromatic rings. The van der Waals surface area contributed by atoms with E-state index in [4.69, 9.17) is 5.73 Å². The van der Waals surface area contributed by atoms with Gasteiger partial charge in [0.2, 0.25) is 0 Å². The molecule has 7 heteroatoms. The van der Waals surface area contributed by atoms with E-state index in [1.54, 1.807) is 6.07 Å². The largest absolute Gasteiger partial charge is 0.399 e. The van der Waals surface area contributed by atoms with Crippen LogP contribution in [0.2, 0.25) is 0 Å². The zero-order valence-electron chi connectivity index (χ0n) is 11.1. The van der Waals surface area contributed by atoms with Gasteiger partial charge in [0.1, 0.15) is 5.56 Å². The number of hydrogen-bond acceptors (Lipinski definition) is 4. The molecular formula is C14H14N4O3. The molecule has 0 aliphatic heterocycles. The van der Waals surface area contributed by atoms with Crippen LogP contribution in [-0.2, 0) is 6.42 Å². The van der Waals surface area contributed by atoms with Crippen LogP contribution < -0.4 is 22.3 Å². The van der Waals surface area contributed by atoms with Crippen LogP contribution in [0.5, 0.6) is 0 Å². The van der Waals surface area contributed by atoms with Crippen molar-refractivity contribution in [2.45, 2.75) is 18.9 Å². The number of benzene rings is 1. The van der Waals surface area contributed by atoms with Crippen molar-refractivity contribution in [3.63, 3.8) is 0 Å². The molecule has 5 N–H and O–H groups in total. The number of fused-ring (bicyclic) bond motifs is 1. The monoisotopic (exact) mass is 286 g/mol. The molecule has 108 valence electrons. The van der Waals surface area contributed by atoms with E-state index in [2.05, 4.69) is 10.3 Å². The Balaban J connectivity index is 1.84. The Bertz CT molecular complexity index is 821. The molecule has 0 spiro atoms. The molecule has 1 unspecified atom stereocenters. The zero-order chi connectivity index (χ0) is 15.0. The van der Waals surface area contributed by atoms with Gasteiger partial charge in [-0.1, -0.05) is 6.07 Å². The van der Waals surface area contributed by atoms with Crippen molar-refractivity contribution in [2.24, 2.45) is 0 Å². The summed E-state index contributed by atoms with van der Waals surface area (Å²) in [5, 5.41) is 2.81. The predicted molar refractivity (Wildman–Crippen MR) is 77.1 cm³/mol. The number of hydrogen-bond donors (Lipinski definition) is 4. The average Bonchev–Trinajstić information content (AvgIpc) is 2.80. The third kappa shape index (κ3) is 2.45. The van der Waals surface area contributed by atoms with Crippen LogP contribution in [0.4, 0.5) is 5.69 Å². The summed E-state index contributed by atoms with van der Waals surface area (Å²) in [6, 6.07) is 5.42. The number of nitrogens with two attached hydrogens (primary N) is 1. The normalized spacial score (nSPS) is 16.5. The SMILES string of the molecule is Nc1ccc2c(c1)CCC2NC(=O)c1c[nH]c(=O)[nH]c1=O. The number of nitrogen functional groups attached to an aromatic ring is 1. The first-order chi connectivity index (χ1) is 10.0. The number of carbonyl (C=O) groups excluding carboxylic acids is 1. The highest BCUT2D eigenvalue weighted by Gasteiger charge is 2.25. The molecule has 0 radical (unpaired) electrons. The molecule has 21 heavy (non-hydrogen) atoms. The van der Waals surface area contributed by atoms with Gasteiger partial charge in [-0.15, -0.1) is 0 Å². The van der Waals surface area contributed by atoms with Gasteiger partial charge in [-0.05, 0) is 36.1 Å². The molecule has 0 saturated heterocycles. The molecule has 1 aliphatic carbocycles. The third-order valence-electron chi connectivity index (χ3n) is 3.61. The molecule has 3 rings (SSSR count). The van der Waals surface area contributed by atoms with Gasteiger partial charge < -0.3 is 16.0 Å². The van der Waals surface area contributed by atoms with Crippen molar-refractivity contribution in [3.8, 4) is 0 Å². The smallest absolute Gasteiger partial charge is 0.325 e. The van der Waals surface area contributed by atoms with Crippen LogP contribution in [0.3, 0.4) is 0 Å². The number of carbonyl (C=O) groups is 1. The molecular weight excluding hydrogens is 272 g/mol. The van der Waals surface area contributed by atoms with E-state index in [0.717, 1.165) is 30.2 Å². The predicted octanol–water partition coefficient (Wildman–Crippen LogP) is 0.0627. The molecule has 0 saturated carbocycles. The highest BCUT2D eigenvalue weighted by atomic mass is 16.2. The Hall–Kier alpha value is -2.83. The molecule has 1 heterocycles. The van der Waals surface area contributed by atoms with E-state index in [1.165, 1.54) is 0 Å². The number of rotatable bonds is 2. The summed E-state index contributed by atoms with van der Waals surface area (Å²) in [6.45, 7) is 0. The van der Waals surface area contributed by atoms with E-state index in [0.29, 0.717) is 5.69 Å². The Morgan fingerprint density at radius 1 is 1.33 bits per heavy atom. The van der Waals surface area contributed by atoms with Crippen LogP contribution in [-0.4, -0.2) is 15.9 Å². The molecule has 1 atom stereocenters. The standard InChI is InChI=1S/C14H14N4O3/c15-8-2-3-9-7(5-8)1-4-11(9)17-12(19)10-6-16-14(21)18-13(10)20/h2-3,5-6,11H,1,4,15H2,(H,17,19)(H2,16,18,20,21). The fraction of sp³-hybridized carbons (Fsp3) is 0.214. The lowest BCUT2D eigenvalue weighted by Gasteiger charge is -2.13. The van der Waals surface area contributed by atoms with Gasteiger partial charge in [0.15, 0.2) is 0 Å². The highest BCUT2D eigenvalue weighted by Crippen LogP contribution is 2.32. The van der Waals surface area contributed by atoms with Gasteiger partial charge in [0.25, 0.3) is 11.5 Å². The van der Waals surface area contributed by atoms with Gasteiger partial charge in [-0.3, -0.25) is 14.6 Å². The topological polar surface area (TPSA) is 121 Å². The van der Waals surface area contributed by atoms with Crippen LogP contribution in [0.25, 0.3) is 0 Å². The fourth-order valence-electron chi connectivity index (χ4n) is 2.60. The number of aryl methyl sites for hydroxylation is 1. The molecule has 7 nitrogen and oxygen atoms in total. The molecule has 1 aromatic carbocycles. The Morgan fingerprint density at radius 3 is 2.90 bits per heavy atom. The zero-order valence-corrected chi connectivity index (χ0v) is 11.1. The van der Waals surface area contributed by atoms with E-state index in [9.17, 15) is 14.4 Å². The van der Waals surface area contributed by atoms with Crippen molar-refractivity contribution in [1.82, 2.24) is 15.3 Å². The summed E-state index contributed by atoms with van der Waals surface area (Å²) < 4.78 is 0. The second-order valence-electron chi connectivity index (χ2n) is 5.01. The molecule has 0 fully saturated rings. The number of aromatic nitrogens is 2. The first kappa shape index (κ1) is 13.2. The maximum atomic E-state index is 12.1. The van der Waals surface area contributed by atoms with Gasteiger partial charge in [0.05, 0.1) is 6.04 Å². The van der Waals surface area contributed by atoms with Gasteiger partial charge in [0, 0.05) is 11.9 Å². The molecule has 0 bridgehead atoms. The van der Waals surface area contributed by atoms with Crippen molar-refractivity contribution in [1.29, 1.82) is 0 Å². The fourth-order valence-corrected chi connectivity index (χ4v) is 2.60. The number of amides is 1. The second-order valence-corrected chi connectivity index (χ2v) is 5.01. The average molecular weight is 286 g/mol. The van der Waals surface area contributed by atoms with Crippen LogP contribution in [0.15, 0.2) is 34.0 Å². The van der Waals surface area contributed by atoms with Crippen molar-refractivity contribution >= 4 is 11.6 Å². The Kier molecular flexibility index (Phi) is 3.09. The molecule has 1 amide bonds. The number of H-pyrrole nitrogens is 2. The molecule has 1 aliphatic rings. The van der Waals surface area contributed by atoms with E-state index in [1.807, 2.05) is 17.1 Å². The van der Waals surface area contributed by atoms with E-state index in [-0.39, 0.29) is 11.6 Å². The van der Waals surface area contributed by atoms with Gasteiger partial charge in [-0.25, -0.2) is 4.79 Å². The first-order valence-electron chi connectivity index (χ1n) is 6.56. The highest BCUT2D eigenvalue weighted by molar-refractivity contribution is 5.93. The first-order valence-corrected chi connectivity index (χ1v) is 6.56. The Morgan fingerprint density at radius 2 is 2.14 bits per heavy atom. The second kappa shape index (κ2) is 4.93. The summed E-state index contributed by atoms with van der Waals surface area (Å²) in [4.78, 5) is 39.0. The summed E-state index contributed by atoms with van der Waals surface area (Å²) in [5.41, 5.74) is 7.09. The summed E-state index contributed by atoms with van der Waals surface area (Å²) in [5.74, 6) is -0.512. The summed E-state index contributed by atoms with van der Waals surface area (Å²) >= 11 is 0. The lowest BCUT2D eigenvalue weighted by atomic mass is 10.1. The van der Waals surface area contributed by atoms with Crippen molar-refractivity contribution in [3.05, 3.63) is 61.9 Å². The lowest BCUT2D eigenvalue weighted by molar-refractivity contribution is 0.0934. The van der Waals surface area contributed by atoms with Crippen LogP contribution in [0, 0.1) is 0 Å². The molecule has 1 aromatic heterocycles. The van der Waals surface area contributed by atoms with E-state index < -0.39 is 17.2 Å². The summed E-state index contributed by atoms with van der Waals surface area (Å²) in [6.07, 6.45) is 2.70. The van der Waals surface area contributed by atoms with Crippen LogP contribution >= 0.6 is 0 Å². The van der Waals surface area contributed by atoms with Crippen molar-refractivity contribution < 1.29 is 4.79 Å². The minimum Gasteiger partial charge on any atom is -0.399 e.